The van der Waals surface area contributed by atoms with E-state index in [0.717, 1.165) is 16.8 Å². The largest absolute Gasteiger partial charge is 0.497 e. The predicted octanol–water partition coefficient (Wildman–Crippen LogP) is 4.49. The highest BCUT2D eigenvalue weighted by atomic mass is 16.5. The molecule has 0 spiro atoms. The molecule has 0 saturated carbocycles. The number of pyridine rings is 1. The molecule has 1 aliphatic heterocycles. The fourth-order valence-corrected chi connectivity index (χ4v) is 3.59. The van der Waals surface area contributed by atoms with E-state index in [2.05, 4.69) is 28.5 Å². The number of aromatic nitrogens is 1. The molecule has 2 heterocycles. The number of aryl methyl sites for hydroxylation is 2. The Kier molecular flexibility index (Phi) is 4.84. The number of fused-ring (bicyclic) bond motifs is 1. The van der Waals surface area contributed by atoms with Crippen molar-refractivity contribution in [2.75, 3.05) is 24.4 Å². The normalized spacial score (nSPS) is 15.2. The van der Waals surface area contributed by atoms with E-state index in [1.54, 1.807) is 55.6 Å². The van der Waals surface area contributed by atoms with Crippen LogP contribution in [0.5, 0.6) is 11.5 Å². The standard InChI is InChI=1S/C23H23N3O3/c1-14-7-8-15(2)18(12-14)25-22-21-17(6-5-11-24-21)23(27)26(22)19-13-16(28-3)9-10-20(19)29-4/h5-13,22,25H,1-4H3/t22-/m1/s1. The lowest BCUT2D eigenvalue weighted by Crippen LogP contribution is -2.33. The zero-order chi connectivity index (χ0) is 20.5. The molecule has 6 nitrogen and oxygen atoms in total. The topological polar surface area (TPSA) is 63.7 Å². The number of amides is 1. The van der Waals surface area contributed by atoms with Crippen LogP contribution in [0.15, 0.2) is 54.7 Å². The first-order valence-electron chi connectivity index (χ1n) is 9.37. The Morgan fingerprint density at radius 3 is 2.62 bits per heavy atom. The molecule has 0 radical (unpaired) electrons. The van der Waals surface area contributed by atoms with E-state index in [-0.39, 0.29) is 5.91 Å². The number of hydrogen-bond acceptors (Lipinski definition) is 5. The first kappa shape index (κ1) is 18.8. The minimum absolute atomic E-state index is 0.137. The summed E-state index contributed by atoms with van der Waals surface area (Å²) in [5.74, 6) is 1.09. The molecule has 1 atom stereocenters. The maximum Gasteiger partial charge on any atom is 0.262 e. The number of hydrogen-bond donors (Lipinski definition) is 1. The van der Waals surface area contributed by atoms with Gasteiger partial charge in [-0.05, 0) is 55.3 Å². The fourth-order valence-electron chi connectivity index (χ4n) is 3.59. The van der Waals surface area contributed by atoms with Gasteiger partial charge in [0.1, 0.15) is 11.5 Å². The van der Waals surface area contributed by atoms with E-state index < -0.39 is 6.17 Å². The van der Waals surface area contributed by atoms with Crippen molar-refractivity contribution < 1.29 is 14.3 Å². The number of nitrogens with zero attached hydrogens (tertiary/aromatic N) is 2. The second-order valence-corrected chi connectivity index (χ2v) is 7.01. The maximum atomic E-state index is 13.4. The van der Waals surface area contributed by atoms with Gasteiger partial charge in [0, 0.05) is 18.0 Å². The molecule has 1 amide bonds. The molecule has 3 aromatic rings. The van der Waals surface area contributed by atoms with Crippen LogP contribution in [0.25, 0.3) is 0 Å². The van der Waals surface area contributed by atoms with Crippen LogP contribution in [-0.4, -0.2) is 25.1 Å². The van der Waals surface area contributed by atoms with Crippen LogP contribution in [0.2, 0.25) is 0 Å². The minimum Gasteiger partial charge on any atom is -0.497 e. The number of carbonyl (C=O) groups excluding carboxylic acids is 1. The van der Waals surface area contributed by atoms with Gasteiger partial charge in [0.15, 0.2) is 6.17 Å². The van der Waals surface area contributed by atoms with Gasteiger partial charge in [0.05, 0.1) is 31.2 Å². The second-order valence-electron chi connectivity index (χ2n) is 7.01. The van der Waals surface area contributed by atoms with Gasteiger partial charge in [-0.1, -0.05) is 12.1 Å². The molecule has 1 aromatic heterocycles. The van der Waals surface area contributed by atoms with Gasteiger partial charge >= 0.3 is 0 Å². The van der Waals surface area contributed by atoms with E-state index in [0.29, 0.717) is 28.4 Å². The van der Waals surface area contributed by atoms with E-state index in [4.69, 9.17) is 9.47 Å². The van der Waals surface area contributed by atoms with Crippen molar-refractivity contribution in [3.63, 3.8) is 0 Å². The molecule has 0 bridgehead atoms. The van der Waals surface area contributed by atoms with Gasteiger partial charge in [0.2, 0.25) is 0 Å². The van der Waals surface area contributed by atoms with E-state index in [9.17, 15) is 4.79 Å². The third kappa shape index (κ3) is 3.27. The molecule has 4 rings (SSSR count). The highest BCUT2D eigenvalue weighted by Crippen LogP contribution is 2.42. The van der Waals surface area contributed by atoms with Gasteiger partial charge in [0.25, 0.3) is 5.91 Å². The summed E-state index contributed by atoms with van der Waals surface area (Å²) in [5, 5.41) is 3.52. The van der Waals surface area contributed by atoms with Crippen LogP contribution in [0.1, 0.15) is 33.3 Å². The molecule has 29 heavy (non-hydrogen) atoms. The third-order valence-electron chi connectivity index (χ3n) is 5.14. The molecule has 1 N–H and O–H groups in total. The van der Waals surface area contributed by atoms with Crippen molar-refractivity contribution in [2.45, 2.75) is 20.0 Å². The smallest absolute Gasteiger partial charge is 0.262 e. The highest BCUT2D eigenvalue weighted by Gasteiger charge is 2.40. The van der Waals surface area contributed by atoms with Gasteiger partial charge in [-0.2, -0.15) is 0 Å². The summed E-state index contributed by atoms with van der Waals surface area (Å²) in [4.78, 5) is 19.6. The monoisotopic (exact) mass is 389 g/mol. The average molecular weight is 389 g/mol. The first-order chi connectivity index (χ1) is 14.0. The van der Waals surface area contributed by atoms with Crippen LogP contribution in [0, 0.1) is 13.8 Å². The highest BCUT2D eigenvalue weighted by molar-refractivity contribution is 6.11. The first-order valence-corrected chi connectivity index (χ1v) is 9.37. The molecule has 0 aliphatic carbocycles. The van der Waals surface area contributed by atoms with Gasteiger partial charge in [-0.15, -0.1) is 0 Å². The van der Waals surface area contributed by atoms with Crippen LogP contribution < -0.4 is 19.7 Å². The number of carbonyl (C=O) groups is 1. The van der Waals surface area contributed by atoms with Crippen molar-refractivity contribution in [2.24, 2.45) is 0 Å². The summed E-state index contributed by atoms with van der Waals surface area (Å²) in [5.41, 5.74) is 5.05. The average Bonchev–Trinajstić information content (AvgIpc) is 3.02. The van der Waals surface area contributed by atoms with Crippen LogP contribution in [0.3, 0.4) is 0 Å². The van der Waals surface area contributed by atoms with Gasteiger partial charge in [-0.25, -0.2) is 0 Å². The Balaban J connectivity index is 1.86. The Bertz CT molecular complexity index is 1080. The summed E-state index contributed by atoms with van der Waals surface area (Å²) < 4.78 is 10.9. The van der Waals surface area contributed by atoms with Crippen molar-refractivity contribution in [1.82, 2.24) is 4.98 Å². The Hall–Kier alpha value is -3.54. The van der Waals surface area contributed by atoms with Crippen LogP contribution >= 0.6 is 0 Å². The quantitative estimate of drug-likeness (QED) is 0.697. The number of benzene rings is 2. The molecule has 2 aromatic carbocycles. The van der Waals surface area contributed by atoms with Crippen LogP contribution in [-0.2, 0) is 0 Å². The maximum absolute atomic E-state index is 13.4. The van der Waals surface area contributed by atoms with Crippen molar-refractivity contribution in [3.05, 3.63) is 77.1 Å². The Morgan fingerprint density at radius 1 is 1.03 bits per heavy atom. The Morgan fingerprint density at radius 2 is 1.86 bits per heavy atom. The second kappa shape index (κ2) is 7.47. The number of rotatable bonds is 5. The number of methoxy groups -OCH3 is 2. The van der Waals surface area contributed by atoms with E-state index in [1.165, 1.54) is 0 Å². The van der Waals surface area contributed by atoms with Crippen molar-refractivity contribution in [3.8, 4) is 11.5 Å². The number of ether oxygens (including phenoxy) is 2. The fraction of sp³-hybridized carbons (Fsp3) is 0.217. The third-order valence-corrected chi connectivity index (χ3v) is 5.14. The minimum atomic E-state index is -0.472. The van der Waals surface area contributed by atoms with Crippen molar-refractivity contribution in [1.29, 1.82) is 0 Å². The molecular formula is C23H23N3O3. The molecule has 1 aliphatic rings. The number of anilines is 2. The molecule has 0 fully saturated rings. The predicted molar refractivity (Wildman–Crippen MR) is 113 cm³/mol. The van der Waals surface area contributed by atoms with Crippen molar-refractivity contribution >= 4 is 17.3 Å². The molecule has 6 heteroatoms. The molecule has 0 unspecified atom stereocenters. The lowest BCUT2D eigenvalue weighted by atomic mass is 10.1. The van der Waals surface area contributed by atoms with Gasteiger partial charge in [-0.3, -0.25) is 14.7 Å². The molecule has 0 saturated heterocycles. The van der Waals surface area contributed by atoms with E-state index in [1.807, 2.05) is 13.8 Å². The summed E-state index contributed by atoms with van der Waals surface area (Å²) in [6.45, 7) is 4.08. The van der Waals surface area contributed by atoms with E-state index >= 15 is 0 Å². The Labute approximate surface area is 170 Å². The lowest BCUT2D eigenvalue weighted by molar-refractivity contribution is 0.0992. The molecular weight excluding hydrogens is 366 g/mol. The van der Waals surface area contributed by atoms with Crippen LogP contribution in [0.4, 0.5) is 11.4 Å². The molecule has 148 valence electrons. The zero-order valence-corrected chi connectivity index (χ0v) is 16.9. The summed E-state index contributed by atoms with van der Waals surface area (Å²) in [6, 6.07) is 15.2. The summed E-state index contributed by atoms with van der Waals surface area (Å²) >= 11 is 0. The lowest BCUT2D eigenvalue weighted by Gasteiger charge is -2.28. The summed E-state index contributed by atoms with van der Waals surface area (Å²) in [7, 11) is 3.18. The summed E-state index contributed by atoms with van der Waals surface area (Å²) in [6.07, 6.45) is 1.23. The zero-order valence-electron chi connectivity index (χ0n) is 16.9. The SMILES string of the molecule is COc1ccc(OC)c(N2C(=O)c3cccnc3[C@@H]2Nc2cc(C)ccc2C)c1. The number of nitrogens with one attached hydrogen (secondary N) is 1. The van der Waals surface area contributed by atoms with Gasteiger partial charge < -0.3 is 14.8 Å².